The summed E-state index contributed by atoms with van der Waals surface area (Å²) in [6.45, 7) is 2.67. The molecule has 0 bridgehead atoms. The standard InChI is InChI=1S/C11H17NO2.ClH/c1-8(7-12)9-5-4-6-10(13-2)11(9)14-3;/h4-6,8H,7,12H2,1-3H3;1H. The summed E-state index contributed by atoms with van der Waals surface area (Å²) in [4.78, 5) is 0. The highest BCUT2D eigenvalue weighted by Gasteiger charge is 2.13. The third-order valence-corrected chi connectivity index (χ3v) is 2.32. The zero-order chi connectivity index (χ0) is 10.6. The maximum Gasteiger partial charge on any atom is 0.164 e. The molecule has 0 aliphatic rings. The second-order valence-electron chi connectivity index (χ2n) is 3.22. The SMILES string of the molecule is COc1cccc(C(C)CN)c1OC.Cl. The van der Waals surface area contributed by atoms with Gasteiger partial charge in [-0.3, -0.25) is 0 Å². The lowest BCUT2D eigenvalue weighted by atomic mass is 10.00. The zero-order valence-electron chi connectivity index (χ0n) is 9.32. The summed E-state index contributed by atoms with van der Waals surface area (Å²) in [5.41, 5.74) is 6.71. The van der Waals surface area contributed by atoms with Gasteiger partial charge in [0.2, 0.25) is 0 Å². The van der Waals surface area contributed by atoms with Crippen molar-refractivity contribution in [3.63, 3.8) is 0 Å². The van der Waals surface area contributed by atoms with Gasteiger partial charge in [-0.1, -0.05) is 19.1 Å². The third-order valence-electron chi connectivity index (χ3n) is 2.32. The molecule has 86 valence electrons. The first-order valence-corrected chi connectivity index (χ1v) is 4.65. The number of ether oxygens (including phenoxy) is 2. The fourth-order valence-corrected chi connectivity index (χ4v) is 1.43. The Hall–Kier alpha value is -0.930. The van der Waals surface area contributed by atoms with E-state index in [0.717, 1.165) is 17.1 Å². The van der Waals surface area contributed by atoms with E-state index in [4.69, 9.17) is 15.2 Å². The fraction of sp³-hybridized carbons (Fsp3) is 0.455. The summed E-state index contributed by atoms with van der Waals surface area (Å²) < 4.78 is 10.5. The van der Waals surface area contributed by atoms with Gasteiger partial charge in [-0.25, -0.2) is 0 Å². The average Bonchev–Trinajstić information content (AvgIpc) is 2.26. The van der Waals surface area contributed by atoms with Crippen LogP contribution in [0.4, 0.5) is 0 Å². The quantitative estimate of drug-likeness (QED) is 0.864. The summed E-state index contributed by atoms with van der Waals surface area (Å²) in [5.74, 6) is 1.82. The van der Waals surface area contributed by atoms with E-state index in [2.05, 4.69) is 6.92 Å². The topological polar surface area (TPSA) is 44.5 Å². The number of benzene rings is 1. The molecule has 1 rings (SSSR count). The molecular formula is C11H18ClNO2. The molecule has 1 unspecified atom stereocenters. The minimum atomic E-state index is 0. The highest BCUT2D eigenvalue weighted by molar-refractivity contribution is 5.85. The molecule has 0 aliphatic heterocycles. The van der Waals surface area contributed by atoms with Gasteiger partial charge < -0.3 is 15.2 Å². The van der Waals surface area contributed by atoms with Gasteiger partial charge in [-0.15, -0.1) is 12.4 Å². The van der Waals surface area contributed by atoms with Crippen molar-refractivity contribution in [3.05, 3.63) is 23.8 Å². The third kappa shape index (κ3) is 3.01. The van der Waals surface area contributed by atoms with Crippen LogP contribution in [0.5, 0.6) is 11.5 Å². The molecule has 0 aliphatic carbocycles. The van der Waals surface area contributed by atoms with Crippen molar-refractivity contribution in [3.8, 4) is 11.5 Å². The fourth-order valence-electron chi connectivity index (χ4n) is 1.43. The molecule has 1 aromatic carbocycles. The summed E-state index contributed by atoms with van der Waals surface area (Å²) in [5, 5.41) is 0. The Labute approximate surface area is 97.0 Å². The number of hydrogen-bond donors (Lipinski definition) is 1. The van der Waals surface area contributed by atoms with Crippen LogP contribution in [-0.4, -0.2) is 20.8 Å². The summed E-state index contributed by atoms with van der Waals surface area (Å²) in [7, 11) is 3.28. The van der Waals surface area contributed by atoms with E-state index in [9.17, 15) is 0 Å². The van der Waals surface area contributed by atoms with Crippen LogP contribution in [0.3, 0.4) is 0 Å². The van der Waals surface area contributed by atoms with E-state index >= 15 is 0 Å². The van der Waals surface area contributed by atoms with Crippen LogP contribution < -0.4 is 15.2 Å². The highest BCUT2D eigenvalue weighted by Crippen LogP contribution is 2.34. The molecule has 0 heterocycles. The molecule has 0 amide bonds. The zero-order valence-corrected chi connectivity index (χ0v) is 10.1. The summed E-state index contributed by atoms with van der Waals surface area (Å²) in [6.07, 6.45) is 0. The Bertz CT molecular complexity index is 305. The molecular weight excluding hydrogens is 214 g/mol. The largest absolute Gasteiger partial charge is 0.493 e. The maximum atomic E-state index is 5.62. The van der Waals surface area contributed by atoms with Crippen molar-refractivity contribution in [2.75, 3.05) is 20.8 Å². The number of halogens is 1. The van der Waals surface area contributed by atoms with Crippen LogP contribution in [0.25, 0.3) is 0 Å². The predicted molar refractivity (Wildman–Crippen MR) is 64.3 cm³/mol. The number of nitrogens with two attached hydrogens (primary N) is 1. The molecule has 3 nitrogen and oxygen atoms in total. The van der Waals surface area contributed by atoms with Crippen LogP contribution in [0.2, 0.25) is 0 Å². The number of hydrogen-bond acceptors (Lipinski definition) is 3. The van der Waals surface area contributed by atoms with Crippen LogP contribution in [0, 0.1) is 0 Å². The van der Waals surface area contributed by atoms with E-state index in [1.807, 2.05) is 18.2 Å². The minimum absolute atomic E-state index is 0. The van der Waals surface area contributed by atoms with Crippen LogP contribution in [-0.2, 0) is 0 Å². The lowest BCUT2D eigenvalue weighted by molar-refractivity contribution is 0.350. The monoisotopic (exact) mass is 231 g/mol. The van der Waals surface area contributed by atoms with E-state index in [-0.39, 0.29) is 18.3 Å². The predicted octanol–water partition coefficient (Wildman–Crippen LogP) is 2.19. The second-order valence-corrected chi connectivity index (χ2v) is 3.22. The number of rotatable bonds is 4. The van der Waals surface area contributed by atoms with Crippen LogP contribution >= 0.6 is 12.4 Å². The van der Waals surface area contributed by atoms with Gasteiger partial charge in [0.1, 0.15) is 0 Å². The minimum Gasteiger partial charge on any atom is -0.493 e. The lowest BCUT2D eigenvalue weighted by Crippen LogP contribution is -2.10. The van der Waals surface area contributed by atoms with Crippen molar-refractivity contribution < 1.29 is 9.47 Å². The molecule has 1 atom stereocenters. The van der Waals surface area contributed by atoms with Gasteiger partial charge in [0.05, 0.1) is 14.2 Å². The molecule has 0 spiro atoms. The van der Waals surface area contributed by atoms with E-state index in [1.165, 1.54) is 0 Å². The van der Waals surface area contributed by atoms with Crippen molar-refractivity contribution >= 4 is 12.4 Å². The van der Waals surface area contributed by atoms with Gasteiger partial charge in [-0.05, 0) is 18.5 Å². The van der Waals surface area contributed by atoms with E-state index in [0.29, 0.717) is 6.54 Å². The Morgan fingerprint density at radius 3 is 2.40 bits per heavy atom. The molecule has 15 heavy (non-hydrogen) atoms. The Morgan fingerprint density at radius 2 is 1.93 bits per heavy atom. The van der Waals surface area contributed by atoms with Gasteiger partial charge >= 0.3 is 0 Å². The Balaban J connectivity index is 0.00000196. The maximum absolute atomic E-state index is 5.62. The first kappa shape index (κ1) is 14.1. The van der Waals surface area contributed by atoms with Gasteiger partial charge in [0.25, 0.3) is 0 Å². The van der Waals surface area contributed by atoms with Crippen molar-refractivity contribution in [2.24, 2.45) is 5.73 Å². The molecule has 0 fully saturated rings. The highest BCUT2D eigenvalue weighted by atomic mass is 35.5. The van der Waals surface area contributed by atoms with Gasteiger partial charge in [0.15, 0.2) is 11.5 Å². The number of methoxy groups -OCH3 is 2. The van der Waals surface area contributed by atoms with Crippen molar-refractivity contribution in [1.82, 2.24) is 0 Å². The summed E-state index contributed by atoms with van der Waals surface area (Å²) >= 11 is 0. The normalized spacial score (nSPS) is 11.5. The van der Waals surface area contributed by atoms with Crippen molar-refractivity contribution in [1.29, 1.82) is 0 Å². The first-order valence-electron chi connectivity index (χ1n) is 4.65. The van der Waals surface area contributed by atoms with E-state index < -0.39 is 0 Å². The molecule has 0 aromatic heterocycles. The average molecular weight is 232 g/mol. The molecule has 4 heteroatoms. The smallest absolute Gasteiger partial charge is 0.164 e. The van der Waals surface area contributed by atoms with Gasteiger partial charge in [-0.2, -0.15) is 0 Å². The van der Waals surface area contributed by atoms with Gasteiger partial charge in [0, 0.05) is 5.56 Å². The molecule has 1 aromatic rings. The molecule has 2 N–H and O–H groups in total. The summed E-state index contributed by atoms with van der Waals surface area (Å²) in [6, 6.07) is 5.84. The van der Waals surface area contributed by atoms with Crippen LogP contribution in [0.1, 0.15) is 18.4 Å². The lowest BCUT2D eigenvalue weighted by Gasteiger charge is -2.16. The second kappa shape index (κ2) is 6.53. The molecule has 0 saturated carbocycles. The molecule has 0 saturated heterocycles. The Kier molecular flexibility index (Phi) is 6.13. The van der Waals surface area contributed by atoms with Crippen molar-refractivity contribution in [2.45, 2.75) is 12.8 Å². The first-order chi connectivity index (χ1) is 6.74. The van der Waals surface area contributed by atoms with Crippen LogP contribution in [0.15, 0.2) is 18.2 Å². The molecule has 0 radical (unpaired) electrons. The van der Waals surface area contributed by atoms with E-state index in [1.54, 1.807) is 14.2 Å². The number of para-hydroxylation sites is 1. The Morgan fingerprint density at radius 1 is 1.27 bits per heavy atom.